The van der Waals surface area contributed by atoms with Gasteiger partial charge in [-0.3, -0.25) is 0 Å². The molecule has 0 bridgehead atoms. The number of ether oxygens (including phenoxy) is 1. The number of unbranched alkanes of at least 4 members (excludes halogenated alkanes) is 1. The van der Waals surface area contributed by atoms with E-state index in [-0.39, 0.29) is 0 Å². The van der Waals surface area contributed by atoms with Gasteiger partial charge in [0.1, 0.15) is 5.82 Å². The molecule has 5 heteroatoms. The van der Waals surface area contributed by atoms with E-state index >= 15 is 0 Å². The van der Waals surface area contributed by atoms with Crippen LogP contribution in [-0.2, 0) is 4.74 Å². The van der Waals surface area contributed by atoms with Crippen LogP contribution in [0.1, 0.15) is 31.9 Å². The second-order valence-corrected chi connectivity index (χ2v) is 4.27. The third-order valence-corrected chi connectivity index (χ3v) is 2.47. The highest BCUT2D eigenvalue weighted by Gasteiger charge is 2.00. The Morgan fingerprint density at radius 2 is 2.00 bits per heavy atom. The maximum Gasteiger partial charge on any atom is 0.224 e. The highest BCUT2D eigenvalue weighted by Crippen LogP contribution is 2.09. The topological polar surface area (TPSA) is 59.1 Å². The van der Waals surface area contributed by atoms with Gasteiger partial charge in [0.25, 0.3) is 0 Å². The largest absolute Gasteiger partial charge is 0.385 e. The minimum atomic E-state index is 0.705. The van der Waals surface area contributed by atoms with E-state index < -0.39 is 0 Å². The van der Waals surface area contributed by atoms with E-state index in [2.05, 4.69) is 27.5 Å². The normalized spacial score (nSPS) is 10.4. The van der Waals surface area contributed by atoms with Crippen LogP contribution in [0.3, 0.4) is 0 Å². The van der Waals surface area contributed by atoms with Crippen LogP contribution in [0.25, 0.3) is 0 Å². The molecule has 0 aliphatic carbocycles. The lowest BCUT2D eigenvalue weighted by Crippen LogP contribution is -2.09. The number of rotatable bonds is 9. The van der Waals surface area contributed by atoms with Gasteiger partial charge in [-0.1, -0.05) is 6.92 Å². The quantitative estimate of drug-likeness (QED) is 0.661. The molecule has 1 heterocycles. The van der Waals surface area contributed by atoms with E-state index in [1.165, 1.54) is 0 Å². The van der Waals surface area contributed by atoms with E-state index in [0.29, 0.717) is 5.95 Å². The van der Waals surface area contributed by atoms with Crippen LogP contribution in [0, 0.1) is 6.92 Å². The van der Waals surface area contributed by atoms with Gasteiger partial charge in [-0.05, 0) is 26.2 Å². The molecular formula is C13H24N4O. The van der Waals surface area contributed by atoms with E-state index in [1.807, 2.05) is 13.0 Å². The van der Waals surface area contributed by atoms with Crippen molar-refractivity contribution in [2.24, 2.45) is 0 Å². The highest BCUT2D eigenvalue weighted by molar-refractivity contribution is 5.41. The predicted octanol–water partition coefficient (Wildman–Crippen LogP) is 2.45. The maximum atomic E-state index is 5.01. The van der Waals surface area contributed by atoms with E-state index in [1.54, 1.807) is 7.11 Å². The Kier molecular flexibility index (Phi) is 7.10. The van der Waals surface area contributed by atoms with Crippen molar-refractivity contribution in [1.82, 2.24) is 9.97 Å². The Bertz CT molecular complexity index is 344. The first kappa shape index (κ1) is 14.7. The third-order valence-electron chi connectivity index (χ3n) is 2.47. The Balaban J connectivity index is 2.41. The van der Waals surface area contributed by atoms with Crippen molar-refractivity contribution in [2.75, 3.05) is 37.4 Å². The first-order chi connectivity index (χ1) is 8.76. The lowest BCUT2D eigenvalue weighted by atomic mass is 10.3. The summed E-state index contributed by atoms with van der Waals surface area (Å²) in [7, 11) is 1.73. The molecule has 0 fully saturated rings. The van der Waals surface area contributed by atoms with Crippen LogP contribution >= 0.6 is 0 Å². The Morgan fingerprint density at radius 1 is 1.17 bits per heavy atom. The number of nitrogens with one attached hydrogen (secondary N) is 2. The molecule has 0 aliphatic rings. The number of methoxy groups -OCH3 is 1. The number of anilines is 2. The SMILES string of the molecule is CCCNc1nc(C)cc(NCCCCOC)n1. The molecule has 1 aromatic heterocycles. The zero-order chi connectivity index (χ0) is 13.2. The summed E-state index contributed by atoms with van der Waals surface area (Å²) < 4.78 is 5.01. The van der Waals surface area contributed by atoms with Gasteiger partial charge in [0, 0.05) is 38.6 Å². The molecule has 0 unspecified atom stereocenters. The van der Waals surface area contributed by atoms with Crippen molar-refractivity contribution < 1.29 is 4.74 Å². The molecule has 1 aromatic rings. The standard InChI is InChI=1S/C13H24N4O/c1-4-7-15-13-16-11(2)10-12(17-13)14-8-5-6-9-18-3/h10H,4-9H2,1-3H3,(H2,14,15,16,17). The molecule has 0 radical (unpaired) electrons. The van der Waals surface area contributed by atoms with E-state index in [4.69, 9.17) is 4.74 Å². The summed E-state index contributed by atoms with van der Waals surface area (Å²) in [6.45, 7) is 6.73. The lowest BCUT2D eigenvalue weighted by Gasteiger charge is -2.09. The Labute approximate surface area is 109 Å². The number of hydrogen-bond acceptors (Lipinski definition) is 5. The minimum Gasteiger partial charge on any atom is -0.385 e. The van der Waals surface area contributed by atoms with Gasteiger partial charge in [0.05, 0.1) is 0 Å². The molecule has 0 amide bonds. The highest BCUT2D eigenvalue weighted by atomic mass is 16.5. The summed E-state index contributed by atoms with van der Waals surface area (Å²) in [5.74, 6) is 1.59. The zero-order valence-corrected chi connectivity index (χ0v) is 11.6. The molecule has 5 nitrogen and oxygen atoms in total. The average Bonchev–Trinajstić information content (AvgIpc) is 2.35. The van der Waals surface area contributed by atoms with Crippen molar-refractivity contribution in [1.29, 1.82) is 0 Å². The average molecular weight is 252 g/mol. The minimum absolute atomic E-state index is 0.705. The first-order valence-electron chi connectivity index (χ1n) is 6.58. The van der Waals surface area contributed by atoms with Crippen molar-refractivity contribution in [3.8, 4) is 0 Å². The predicted molar refractivity (Wildman–Crippen MR) is 75.1 cm³/mol. The van der Waals surface area contributed by atoms with Gasteiger partial charge in [-0.25, -0.2) is 4.98 Å². The summed E-state index contributed by atoms with van der Waals surface area (Å²) in [4.78, 5) is 8.77. The van der Waals surface area contributed by atoms with Crippen molar-refractivity contribution in [2.45, 2.75) is 33.1 Å². The Morgan fingerprint density at radius 3 is 2.72 bits per heavy atom. The number of aryl methyl sites for hydroxylation is 1. The van der Waals surface area contributed by atoms with Gasteiger partial charge in [-0.15, -0.1) is 0 Å². The summed E-state index contributed by atoms with van der Waals surface area (Å²) >= 11 is 0. The number of aromatic nitrogens is 2. The molecule has 0 aliphatic heterocycles. The van der Waals surface area contributed by atoms with Crippen LogP contribution in [0.4, 0.5) is 11.8 Å². The smallest absolute Gasteiger partial charge is 0.224 e. The monoisotopic (exact) mass is 252 g/mol. The van der Waals surface area contributed by atoms with Gasteiger partial charge in [0.2, 0.25) is 5.95 Å². The molecule has 102 valence electrons. The van der Waals surface area contributed by atoms with Crippen LogP contribution in [0.5, 0.6) is 0 Å². The van der Waals surface area contributed by atoms with Crippen LogP contribution in [0.2, 0.25) is 0 Å². The second-order valence-electron chi connectivity index (χ2n) is 4.27. The summed E-state index contributed by atoms with van der Waals surface area (Å²) in [6, 6.07) is 1.97. The summed E-state index contributed by atoms with van der Waals surface area (Å²) in [5.41, 5.74) is 0.975. The van der Waals surface area contributed by atoms with Crippen LogP contribution in [0.15, 0.2) is 6.07 Å². The molecule has 18 heavy (non-hydrogen) atoms. The van der Waals surface area contributed by atoms with Gasteiger partial charge in [0.15, 0.2) is 0 Å². The van der Waals surface area contributed by atoms with Crippen LogP contribution < -0.4 is 10.6 Å². The maximum absolute atomic E-state index is 5.01. The molecule has 0 atom stereocenters. The van der Waals surface area contributed by atoms with Gasteiger partial charge in [-0.2, -0.15) is 4.98 Å². The van der Waals surface area contributed by atoms with Crippen LogP contribution in [-0.4, -0.2) is 36.8 Å². The zero-order valence-electron chi connectivity index (χ0n) is 11.6. The number of nitrogens with zero attached hydrogens (tertiary/aromatic N) is 2. The molecule has 1 rings (SSSR count). The lowest BCUT2D eigenvalue weighted by molar-refractivity contribution is 0.194. The van der Waals surface area contributed by atoms with Gasteiger partial charge < -0.3 is 15.4 Å². The summed E-state index contributed by atoms with van der Waals surface area (Å²) in [6.07, 6.45) is 3.21. The Hall–Kier alpha value is -1.36. The van der Waals surface area contributed by atoms with Crippen molar-refractivity contribution >= 4 is 11.8 Å². The molecule has 2 N–H and O–H groups in total. The molecule has 0 spiro atoms. The fourth-order valence-corrected chi connectivity index (χ4v) is 1.56. The first-order valence-corrected chi connectivity index (χ1v) is 6.58. The fraction of sp³-hybridized carbons (Fsp3) is 0.692. The van der Waals surface area contributed by atoms with Crippen molar-refractivity contribution in [3.63, 3.8) is 0 Å². The van der Waals surface area contributed by atoms with E-state index in [0.717, 1.165) is 50.5 Å². The van der Waals surface area contributed by atoms with Crippen molar-refractivity contribution in [3.05, 3.63) is 11.8 Å². The van der Waals surface area contributed by atoms with Gasteiger partial charge >= 0.3 is 0 Å². The molecule has 0 saturated carbocycles. The third kappa shape index (κ3) is 5.82. The molecule has 0 saturated heterocycles. The fourth-order valence-electron chi connectivity index (χ4n) is 1.56. The van der Waals surface area contributed by atoms with E-state index in [9.17, 15) is 0 Å². The molecule has 0 aromatic carbocycles. The summed E-state index contributed by atoms with van der Waals surface area (Å²) in [5, 5.41) is 6.52. The number of hydrogen-bond donors (Lipinski definition) is 2. The second kappa shape index (κ2) is 8.69. The molecular weight excluding hydrogens is 228 g/mol.